The average molecular weight is 633 g/mol. The maximum Gasteiger partial charge on any atom is 0.240 e. The Labute approximate surface area is 264 Å². The number of phenolic OH excluding ortho intramolecular Hbond substituents is 1. The van der Waals surface area contributed by atoms with Gasteiger partial charge in [0.25, 0.3) is 0 Å². The number of benzene rings is 4. The topological polar surface area (TPSA) is 129 Å². The van der Waals surface area contributed by atoms with Gasteiger partial charge < -0.3 is 29.7 Å². The van der Waals surface area contributed by atoms with Crippen molar-refractivity contribution in [1.29, 1.82) is 0 Å². The van der Waals surface area contributed by atoms with Crippen molar-refractivity contribution >= 4 is 10.0 Å². The van der Waals surface area contributed by atoms with Crippen molar-refractivity contribution in [2.24, 2.45) is 5.92 Å². The van der Waals surface area contributed by atoms with Gasteiger partial charge in [0.1, 0.15) is 5.75 Å². The molecule has 238 valence electrons. The molecule has 1 aliphatic heterocycles. The molecule has 0 aliphatic carbocycles. The molecule has 9 nitrogen and oxygen atoms in total. The van der Waals surface area contributed by atoms with Crippen LogP contribution in [0.3, 0.4) is 0 Å². The molecule has 4 N–H and O–H groups in total. The Morgan fingerprint density at radius 2 is 1.53 bits per heavy atom. The van der Waals surface area contributed by atoms with Gasteiger partial charge in [0.05, 0.1) is 29.8 Å². The van der Waals surface area contributed by atoms with Gasteiger partial charge in [-0.25, -0.2) is 13.1 Å². The van der Waals surface area contributed by atoms with E-state index in [2.05, 4.69) is 11.6 Å². The molecule has 0 radical (unpaired) electrons. The lowest BCUT2D eigenvalue weighted by atomic mass is 9.90. The molecule has 0 unspecified atom stereocenters. The van der Waals surface area contributed by atoms with Gasteiger partial charge in [-0.15, -0.1) is 0 Å². The molecule has 5 rings (SSSR count). The van der Waals surface area contributed by atoms with Gasteiger partial charge in [-0.3, -0.25) is 0 Å². The van der Waals surface area contributed by atoms with Gasteiger partial charge in [-0.1, -0.05) is 85.8 Å². The summed E-state index contributed by atoms with van der Waals surface area (Å²) in [6.07, 6.45) is -2.04. The van der Waals surface area contributed by atoms with Crippen LogP contribution >= 0.6 is 0 Å². The minimum absolute atomic E-state index is 0.0458. The van der Waals surface area contributed by atoms with Crippen LogP contribution in [0, 0.1) is 5.92 Å². The number of phenols is 1. The van der Waals surface area contributed by atoms with Crippen LogP contribution in [0.5, 0.6) is 5.75 Å². The number of aromatic hydroxyl groups is 1. The second kappa shape index (κ2) is 14.7. The van der Waals surface area contributed by atoms with E-state index < -0.39 is 22.4 Å². The zero-order valence-corrected chi connectivity index (χ0v) is 26.2. The summed E-state index contributed by atoms with van der Waals surface area (Å²) in [5.74, 6) is 0.0568. The Bertz CT molecular complexity index is 1630. The van der Waals surface area contributed by atoms with Crippen molar-refractivity contribution in [3.05, 3.63) is 131 Å². The number of nitrogens with one attached hydrogen (secondary N) is 1. The maximum absolute atomic E-state index is 12.7. The van der Waals surface area contributed by atoms with Gasteiger partial charge in [0.2, 0.25) is 10.0 Å². The van der Waals surface area contributed by atoms with Crippen LogP contribution in [0.15, 0.2) is 108 Å². The summed E-state index contributed by atoms with van der Waals surface area (Å²) < 4.78 is 41.0. The summed E-state index contributed by atoms with van der Waals surface area (Å²) in [6, 6.07) is 30.0. The van der Waals surface area contributed by atoms with E-state index in [0.717, 1.165) is 22.3 Å². The summed E-state index contributed by atoms with van der Waals surface area (Å²) in [5.41, 5.74) is 3.99. The third kappa shape index (κ3) is 8.36. The normalized spacial score (nSPS) is 21.1. The molecule has 1 heterocycles. The summed E-state index contributed by atoms with van der Waals surface area (Å²) in [6.45, 7) is 3.02. The van der Waals surface area contributed by atoms with Crippen molar-refractivity contribution in [3.63, 3.8) is 0 Å². The number of aliphatic hydroxyl groups is 2. The lowest BCUT2D eigenvalue weighted by Crippen LogP contribution is -2.44. The van der Waals surface area contributed by atoms with Crippen molar-refractivity contribution in [2.45, 2.75) is 49.6 Å². The lowest BCUT2D eigenvalue weighted by Gasteiger charge is -2.42. The fourth-order valence-corrected chi connectivity index (χ4v) is 6.54. The van der Waals surface area contributed by atoms with Gasteiger partial charge >= 0.3 is 0 Å². The molecule has 0 amide bonds. The van der Waals surface area contributed by atoms with Crippen molar-refractivity contribution in [2.75, 3.05) is 20.1 Å². The Morgan fingerprint density at radius 3 is 2.20 bits per heavy atom. The average Bonchev–Trinajstić information content (AvgIpc) is 3.05. The molecular weight excluding hydrogens is 592 g/mol. The summed E-state index contributed by atoms with van der Waals surface area (Å²) in [4.78, 5) is 2.22. The third-order valence-corrected chi connectivity index (χ3v) is 9.54. The first-order valence-corrected chi connectivity index (χ1v) is 16.4. The maximum atomic E-state index is 12.7. The van der Waals surface area contributed by atoms with E-state index in [4.69, 9.17) is 9.47 Å². The minimum Gasteiger partial charge on any atom is -0.508 e. The van der Waals surface area contributed by atoms with Gasteiger partial charge in [0.15, 0.2) is 6.29 Å². The van der Waals surface area contributed by atoms with E-state index in [0.29, 0.717) is 18.7 Å². The van der Waals surface area contributed by atoms with Crippen molar-refractivity contribution < 1.29 is 33.2 Å². The number of aliphatic hydroxyl groups excluding tert-OH is 2. The first-order valence-electron chi connectivity index (χ1n) is 14.9. The molecule has 45 heavy (non-hydrogen) atoms. The van der Waals surface area contributed by atoms with Gasteiger partial charge in [-0.05, 0) is 53.6 Å². The highest BCUT2D eigenvalue weighted by molar-refractivity contribution is 7.89. The summed E-state index contributed by atoms with van der Waals surface area (Å²) in [5, 5.41) is 30.2. The van der Waals surface area contributed by atoms with Crippen molar-refractivity contribution in [1.82, 2.24) is 9.62 Å². The first-order chi connectivity index (χ1) is 21.6. The fourth-order valence-electron chi connectivity index (χ4n) is 5.50. The van der Waals surface area contributed by atoms with Crippen LogP contribution in [-0.2, 0) is 32.6 Å². The molecule has 10 heteroatoms. The molecule has 1 aliphatic rings. The van der Waals surface area contributed by atoms with Crippen molar-refractivity contribution in [3.8, 4) is 5.75 Å². The Balaban J connectivity index is 1.31. The van der Waals surface area contributed by atoms with E-state index in [1.165, 1.54) is 0 Å². The monoisotopic (exact) mass is 632 g/mol. The van der Waals surface area contributed by atoms with Crippen LogP contribution in [0.2, 0.25) is 0 Å². The molecule has 5 atom stereocenters. The molecule has 1 saturated heterocycles. The summed E-state index contributed by atoms with van der Waals surface area (Å²) in [7, 11) is -1.72. The molecular formula is C35H40N2O7S. The third-order valence-electron chi connectivity index (χ3n) is 8.13. The number of sulfonamides is 1. The van der Waals surface area contributed by atoms with Crippen LogP contribution in [0.25, 0.3) is 0 Å². The molecule has 0 spiro atoms. The zero-order valence-electron chi connectivity index (χ0n) is 25.4. The van der Waals surface area contributed by atoms with E-state index in [-0.39, 0.29) is 41.9 Å². The summed E-state index contributed by atoms with van der Waals surface area (Å²) >= 11 is 0. The molecule has 0 bridgehead atoms. The number of nitrogens with zero attached hydrogens (tertiary/aromatic N) is 1. The second-order valence-electron chi connectivity index (χ2n) is 11.5. The molecule has 1 fully saturated rings. The van der Waals surface area contributed by atoms with E-state index in [9.17, 15) is 23.7 Å². The quantitative estimate of drug-likeness (QED) is 0.175. The Kier molecular flexibility index (Phi) is 10.7. The molecule has 4 aromatic rings. The van der Waals surface area contributed by atoms with E-state index in [1.807, 2.05) is 60.5 Å². The van der Waals surface area contributed by atoms with E-state index >= 15 is 0 Å². The predicted octanol–water partition coefficient (Wildman–Crippen LogP) is 4.82. The number of ether oxygens (including phenoxy) is 2. The predicted molar refractivity (Wildman–Crippen MR) is 170 cm³/mol. The number of hydrogen-bond donors (Lipinski definition) is 4. The highest BCUT2D eigenvalue weighted by atomic mass is 32.2. The van der Waals surface area contributed by atoms with Gasteiger partial charge in [0, 0.05) is 31.1 Å². The number of likely N-dealkylation sites (N-methyl/N-ethyl adjacent to an activating group) is 1. The first kappa shape index (κ1) is 32.8. The van der Waals surface area contributed by atoms with Crippen LogP contribution in [-0.4, -0.2) is 54.9 Å². The lowest BCUT2D eigenvalue weighted by molar-refractivity contribution is -0.276. The fraction of sp³-hybridized carbons (Fsp3) is 0.314. The SMILES string of the molecule is C[C@H]1[C@@H](CN(C)C[C@@H](O)c2cccc(O)c2)O[C@@H](c2ccc(CNS(=O)(=O)c3ccccc3)cc2)O[C@H]1c1ccc(CO)cc1. The zero-order chi connectivity index (χ0) is 32.0. The van der Waals surface area contributed by atoms with Crippen LogP contribution < -0.4 is 4.72 Å². The smallest absolute Gasteiger partial charge is 0.240 e. The number of hydrogen-bond acceptors (Lipinski definition) is 8. The Morgan fingerprint density at radius 1 is 0.867 bits per heavy atom. The minimum atomic E-state index is -3.64. The van der Waals surface area contributed by atoms with E-state index in [1.54, 1.807) is 54.6 Å². The Hall–Kier alpha value is -3.61. The highest BCUT2D eigenvalue weighted by Gasteiger charge is 2.39. The number of rotatable bonds is 12. The second-order valence-corrected chi connectivity index (χ2v) is 13.3. The van der Waals surface area contributed by atoms with Crippen LogP contribution in [0.1, 0.15) is 53.2 Å². The molecule has 0 aromatic heterocycles. The highest BCUT2D eigenvalue weighted by Crippen LogP contribution is 2.42. The largest absolute Gasteiger partial charge is 0.508 e. The van der Waals surface area contributed by atoms with Gasteiger partial charge in [-0.2, -0.15) is 0 Å². The molecule has 0 saturated carbocycles. The van der Waals surface area contributed by atoms with Crippen LogP contribution in [0.4, 0.5) is 0 Å². The molecule has 4 aromatic carbocycles. The standard InChI is InChI=1S/C35H40N2O7S/c1-24-33(22-37(2)21-32(40)29-7-6-8-30(39)19-29)43-35(44-34(24)27-15-13-26(23-38)14-16-27)28-17-11-25(12-18-28)20-36-45(41,42)31-9-4-3-5-10-31/h3-19,24,32-36,38-40H,20-23H2,1-2H3/t24-,32+,33+,34+,35+/m0/s1.